The molecule has 0 aliphatic carbocycles. The fourth-order valence-electron chi connectivity index (χ4n) is 2.10. The van der Waals surface area contributed by atoms with Crippen LogP contribution in [0.25, 0.3) is 0 Å². The lowest BCUT2D eigenvalue weighted by Crippen LogP contribution is -2.42. The first-order valence-corrected chi connectivity index (χ1v) is 6.49. The van der Waals surface area contributed by atoms with Gasteiger partial charge in [0.2, 0.25) is 0 Å². The number of aliphatic hydroxyl groups is 1. The van der Waals surface area contributed by atoms with Crippen LogP contribution in [0, 0.1) is 6.92 Å². The van der Waals surface area contributed by atoms with Crippen molar-refractivity contribution in [1.82, 2.24) is 9.88 Å². The van der Waals surface area contributed by atoms with Gasteiger partial charge in [0.05, 0.1) is 6.61 Å². The van der Waals surface area contributed by atoms with Gasteiger partial charge in [0, 0.05) is 18.3 Å². The van der Waals surface area contributed by atoms with E-state index in [1.807, 2.05) is 19.1 Å². The first-order valence-electron chi connectivity index (χ1n) is 6.49. The summed E-state index contributed by atoms with van der Waals surface area (Å²) >= 11 is 0. The molecule has 18 heavy (non-hydrogen) atoms. The van der Waals surface area contributed by atoms with Gasteiger partial charge in [-0.2, -0.15) is 0 Å². The van der Waals surface area contributed by atoms with Gasteiger partial charge in [0.15, 0.2) is 0 Å². The molecule has 0 aliphatic heterocycles. The van der Waals surface area contributed by atoms with Crippen molar-refractivity contribution in [2.24, 2.45) is 0 Å². The number of hydrogen-bond acceptors (Lipinski definition) is 3. The molecule has 4 nitrogen and oxygen atoms in total. The van der Waals surface area contributed by atoms with Crippen LogP contribution in [0.15, 0.2) is 18.2 Å². The summed E-state index contributed by atoms with van der Waals surface area (Å²) in [6.07, 6.45) is 1.77. The van der Waals surface area contributed by atoms with Crippen molar-refractivity contribution in [3.05, 3.63) is 29.6 Å². The zero-order valence-corrected chi connectivity index (χ0v) is 11.4. The Morgan fingerprint density at radius 3 is 2.56 bits per heavy atom. The van der Waals surface area contributed by atoms with Gasteiger partial charge < -0.3 is 10.0 Å². The Morgan fingerprint density at radius 2 is 2.06 bits per heavy atom. The number of pyridine rings is 1. The van der Waals surface area contributed by atoms with Gasteiger partial charge in [-0.1, -0.05) is 19.9 Å². The van der Waals surface area contributed by atoms with Crippen molar-refractivity contribution in [3.8, 4) is 0 Å². The van der Waals surface area contributed by atoms with E-state index in [4.69, 9.17) is 5.11 Å². The Bertz CT molecular complexity index is 389. The van der Waals surface area contributed by atoms with E-state index in [1.165, 1.54) is 0 Å². The Hall–Kier alpha value is -1.42. The molecular weight excluding hydrogens is 228 g/mol. The Labute approximate surface area is 109 Å². The SMILES string of the molecule is CCC(CC)N(CCO)C(=O)c1cccc(C)n1. The van der Waals surface area contributed by atoms with E-state index < -0.39 is 0 Å². The van der Waals surface area contributed by atoms with Crippen molar-refractivity contribution < 1.29 is 9.90 Å². The Balaban J connectivity index is 2.95. The highest BCUT2D eigenvalue weighted by atomic mass is 16.3. The summed E-state index contributed by atoms with van der Waals surface area (Å²) in [6, 6.07) is 5.58. The number of nitrogens with zero attached hydrogens (tertiary/aromatic N) is 2. The molecule has 0 fully saturated rings. The minimum atomic E-state index is -0.0959. The third-order valence-corrected chi connectivity index (χ3v) is 3.09. The van der Waals surface area contributed by atoms with E-state index in [0.29, 0.717) is 12.2 Å². The van der Waals surface area contributed by atoms with Crippen LogP contribution in [0.2, 0.25) is 0 Å². The lowest BCUT2D eigenvalue weighted by molar-refractivity contribution is 0.0616. The Morgan fingerprint density at radius 1 is 1.39 bits per heavy atom. The van der Waals surface area contributed by atoms with Gasteiger partial charge in [-0.25, -0.2) is 4.98 Å². The van der Waals surface area contributed by atoms with Gasteiger partial charge in [-0.05, 0) is 31.9 Å². The van der Waals surface area contributed by atoms with Crippen LogP contribution in [0.5, 0.6) is 0 Å². The molecule has 0 bridgehead atoms. The monoisotopic (exact) mass is 250 g/mol. The predicted molar refractivity (Wildman–Crippen MR) is 71.5 cm³/mol. The molecule has 0 aliphatic rings. The molecule has 1 aromatic heterocycles. The molecule has 0 aromatic carbocycles. The van der Waals surface area contributed by atoms with Gasteiger partial charge >= 0.3 is 0 Å². The van der Waals surface area contributed by atoms with E-state index in [9.17, 15) is 4.79 Å². The second-order valence-electron chi connectivity index (χ2n) is 4.36. The minimum Gasteiger partial charge on any atom is -0.395 e. The number of aliphatic hydroxyl groups excluding tert-OH is 1. The number of rotatable bonds is 6. The van der Waals surface area contributed by atoms with Gasteiger partial charge in [0.25, 0.3) is 5.91 Å². The second kappa shape index (κ2) is 7.11. The molecule has 0 unspecified atom stereocenters. The molecule has 0 radical (unpaired) electrons. The van der Waals surface area contributed by atoms with Crippen molar-refractivity contribution in [3.63, 3.8) is 0 Å². The maximum atomic E-state index is 12.4. The first-order chi connectivity index (χ1) is 8.63. The van der Waals surface area contributed by atoms with E-state index in [-0.39, 0.29) is 18.6 Å². The number of carbonyl (C=O) groups excluding carboxylic acids is 1. The maximum Gasteiger partial charge on any atom is 0.272 e. The third-order valence-electron chi connectivity index (χ3n) is 3.09. The minimum absolute atomic E-state index is 0.0198. The van der Waals surface area contributed by atoms with Crippen LogP contribution < -0.4 is 0 Å². The molecule has 1 heterocycles. The highest BCUT2D eigenvalue weighted by molar-refractivity contribution is 5.92. The molecule has 0 spiro atoms. The largest absolute Gasteiger partial charge is 0.395 e. The van der Waals surface area contributed by atoms with Crippen LogP contribution in [-0.4, -0.2) is 40.1 Å². The highest BCUT2D eigenvalue weighted by Crippen LogP contribution is 2.12. The zero-order chi connectivity index (χ0) is 13.5. The third kappa shape index (κ3) is 3.53. The average Bonchev–Trinajstić information content (AvgIpc) is 2.38. The summed E-state index contributed by atoms with van der Waals surface area (Å²) in [4.78, 5) is 18.4. The van der Waals surface area contributed by atoms with Gasteiger partial charge in [0.1, 0.15) is 5.69 Å². The number of aromatic nitrogens is 1. The van der Waals surface area contributed by atoms with Crippen LogP contribution in [0.1, 0.15) is 42.9 Å². The highest BCUT2D eigenvalue weighted by Gasteiger charge is 2.22. The molecule has 100 valence electrons. The summed E-state index contributed by atoms with van der Waals surface area (Å²) in [5.74, 6) is -0.0959. The fraction of sp³-hybridized carbons (Fsp3) is 0.571. The molecule has 0 atom stereocenters. The molecule has 0 saturated heterocycles. The second-order valence-corrected chi connectivity index (χ2v) is 4.36. The summed E-state index contributed by atoms with van der Waals surface area (Å²) in [5, 5.41) is 9.11. The van der Waals surface area contributed by atoms with Crippen molar-refractivity contribution in [1.29, 1.82) is 0 Å². The summed E-state index contributed by atoms with van der Waals surface area (Å²) in [5.41, 5.74) is 1.28. The van der Waals surface area contributed by atoms with E-state index in [2.05, 4.69) is 18.8 Å². The molecular formula is C14H22N2O2. The summed E-state index contributed by atoms with van der Waals surface area (Å²) in [7, 11) is 0. The summed E-state index contributed by atoms with van der Waals surface area (Å²) in [6.45, 7) is 6.31. The van der Waals surface area contributed by atoms with E-state index in [0.717, 1.165) is 18.5 Å². The number of carbonyl (C=O) groups is 1. The molecule has 1 rings (SSSR count). The zero-order valence-electron chi connectivity index (χ0n) is 11.4. The molecule has 4 heteroatoms. The standard InChI is InChI=1S/C14H22N2O2/c1-4-12(5-2)16(9-10-17)14(18)13-8-6-7-11(3)15-13/h6-8,12,17H,4-5,9-10H2,1-3H3. The van der Waals surface area contributed by atoms with Crippen molar-refractivity contribution in [2.75, 3.05) is 13.2 Å². The van der Waals surface area contributed by atoms with Crippen LogP contribution in [-0.2, 0) is 0 Å². The van der Waals surface area contributed by atoms with Crippen LogP contribution in [0.4, 0.5) is 0 Å². The molecule has 0 saturated carbocycles. The molecule has 1 N–H and O–H groups in total. The van der Waals surface area contributed by atoms with E-state index >= 15 is 0 Å². The van der Waals surface area contributed by atoms with Crippen molar-refractivity contribution in [2.45, 2.75) is 39.7 Å². The quantitative estimate of drug-likeness (QED) is 0.840. The normalized spacial score (nSPS) is 10.7. The lowest BCUT2D eigenvalue weighted by Gasteiger charge is -2.29. The van der Waals surface area contributed by atoms with Crippen LogP contribution >= 0.6 is 0 Å². The average molecular weight is 250 g/mol. The number of hydrogen-bond donors (Lipinski definition) is 1. The first kappa shape index (κ1) is 14.6. The smallest absolute Gasteiger partial charge is 0.272 e. The van der Waals surface area contributed by atoms with Crippen LogP contribution in [0.3, 0.4) is 0 Å². The molecule has 1 aromatic rings. The number of aryl methyl sites for hydroxylation is 1. The molecule has 1 amide bonds. The van der Waals surface area contributed by atoms with E-state index in [1.54, 1.807) is 11.0 Å². The Kier molecular flexibility index (Phi) is 5.78. The lowest BCUT2D eigenvalue weighted by atomic mass is 10.1. The number of amides is 1. The van der Waals surface area contributed by atoms with Gasteiger partial charge in [-0.3, -0.25) is 4.79 Å². The topological polar surface area (TPSA) is 53.4 Å². The summed E-state index contributed by atoms with van der Waals surface area (Å²) < 4.78 is 0. The van der Waals surface area contributed by atoms with Gasteiger partial charge in [-0.15, -0.1) is 0 Å². The predicted octanol–water partition coefficient (Wildman–Crippen LogP) is 2.01. The fourth-order valence-corrected chi connectivity index (χ4v) is 2.10. The maximum absolute atomic E-state index is 12.4. The van der Waals surface area contributed by atoms with Crippen molar-refractivity contribution >= 4 is 5.91 Å².